The molecular formula is C23H29NO3. The predicted octanol–water partition coefficient (Wildman–Crippen LogP) is 4.26. The Balaban J connectivity index is 1.61. The topological polar surface area (TPSA) is 47.6 Å². The van der Waals surface area contributed by atoms with Crippen molar-refractivity contribution in [2.75, 3.05) is 19.8 Å². The SMILES string of the molecule is CCOc1ccc(CCNC(=O)C2(c3ccccc3)CCC2)cc1OCC. The summed E-state index contributed by atoms with van der Waals surface area (Å²) in [6.07, 6.45) is 3.74. The molecule has 0 atom stereocenters. The monoisotopic (exact) mass is 367 g/mol. The molecular weight excluding hydrogens is 338 g/mol. The first-order valence-electron chi connectivity index (χ1n) is 9.92. The molecule has 144 valence electrons. The molecule has 0 heterocycles. The lowest BCUT2D eigenvalue weighted by Crippen LogP contribution is -2.49. The number of hydrogen-bond donors (Lipinski definition) is 1. The van der Waals surface area contributed by atoms with Crippen LogP contribution >= 0.6 is 0 Å². The molecule has 2 aromatic carbocycles. The van der Waals surface area contributed by atoms with E-state index in [1.165, 1.54) is 0 Å². The minimum Gasteiger partial charge on any atom is -0.490 e. The van der Waals surface area contributed by atoms with E-state index in [2.05, 4.69) is 17.4 Å². The van der Waals surface area contributed by atoms with Gasteiger partial charge in [0.05, 0.1) is 18.6 Å². The molecule has 4 heteroatoms. The maximum absolute atomic E-state index is 12.9. The summed E-state index contributed by atoms with van der Waals surface area (Å²) in [5.41, 5.74) is 1.93. The molecule has 27 heavy (non-hydrogen) atoms. The van der Waals surface area contributed by atoms with Crippen molar-refractivity contribution in [2.45, 2.75) is 44.9 Å². The van der Waals surface area contributed by atoms with E-state index in [0.717, 1.165) is 48.3 Å². The number of rotatable bonds is 9. The Labute approximate surface area is 161 Å². The number of carbonyl (C=O) groups excluding carboxylic acids is 1. The van der Waals surface area contributed by atoms with Crippen molar-refractivity contribution in [1.29, 1.82) is 0 Å². The van der Waals surface area contributed by atoms with E-state index in [1.807, 2.05) is 50.2 Å². The maximum Gasteiger partial charge on any atom is 0.230 e. The number of ether oxygens (including phenoxy) is 2. The van der Waals surface area contributed by atoms with Gasteiger partial charge in [0.15, 0.2) is 11.5 Å². The third-order valence-electron chi connectivity index (χ3n) is 5.28. The van der Waals surface area contributed by atoms with Crippen molar-refractivity contribution in [3.8, 4) is 11.5 Å². The van der Waals surface area contributed by atoms with E-state index >= 15 is 0 Å². The molecule has 1 N–H and O–H groups in total. The van der Waals surface area contributed by atoms with Gasteiger partial charge in [0.1, 0.15) is 0 Å². The van der Waals surface area contributed by atoms with Crippen LogP contribution in [0.4, 0.5) is 0 Å². The zero-order chi connectivity index (χ0) is 19.1. The lowest BCUT2D eigenvalue weighted by molar-refractivity contribution is -0.129. The van der Waals surface area contributed by atoms with E-state index in [0.29, 0.717) is 19.8 Å². The smallest absolute Gasteiger partial charge is 0.230 e. The van der Waals surface area contributed by atoms with Crippen LogP contribution in [0.25, 0.3) is 0 Å². The van der Waals surface area contributed by atoms with Gasteiger partial charge >= 0.3 is 0 Å². The average Bonchev–Trinajstić information content (AvgIpc) is 2.64. The summed E-state index contributed by atoms with van der Waals surface area (Å²) in [6.45, 7) is 5.75. The van der Waals surface area contributed by atoms with Crippen molar-refractivity contribution in [1.82, 2.24) is 5.32 Å². The van der Waals surface area contributed by atoms with Gasteiger partial charge < -0.3 is 14.8 Å². The van der Waals surface area contributed by atoms with Crippen molar-refractivity contribution in [2.24, 2.45) is 0 Å². The second-order valence-corrected chi connectivity index (χ2v) is 6.95. The fourth-order valence-electron chi connectivity index (χ4n) is 3.67. The number of benzene rings is 2. The van der Waals surface area contributed by atoms with Gasteiger partial charge in [-0.25, -0.2) is 0 Å². The maximum atomic E-state index is 12.9. The van der Waals surface area contributed by atoms with Crippen LogP contribution in [0.1, 0.15) is 44.2 Å². The molecule has 1 aliphatic carbocycles. The summed E-state index contributed by atoms with van der Waals surface area (Å²) in [5.74, 6) is 1.68. The molecule has 0 saturated heterocycles. The second kappa shape index (κ2) is 8.94. The molecule has 0 unspecified atom stereocenters. The highest BCUT2D eigenvalue weighted by Gasteiger charge is 2.45. The number of hydrogen-bond acceptors (Lipinski definition) is 3. The highest BCUT2D eigenvalue weighted by atomic mass is 16.5. The molecule has 1 aliphatic rings. The molecule has 1 saturated carbocycles. The van der Waals surface area contributed by atoms with Crippen LogP contribution in [0.3, 0.4) is 0 Å². The largest absolute Gasteiger partial charge is 0.490 e. The van der Waals surface area contributed by atoms with Crippen LogP contribution < -0.4 is 14.8 Å². The van der Waals surface area contributed by atoms with Crippen molar-refractivity contribution < 1.29 is 14.3 Å². The fraction of sp³-hybridized carbons (Fsp3) is 0.435. The summed E-state index contributed by atoms with van der Waals surface area (Å²) in [5, 5.41) is 3.15. The zero-order valence-electron chi connectivity index (χ0n) is 16.3. The Morgan fingerprint density at radius 3 is 2.33 bits per heavy atom. The second-order valence-electron chi connectivity index (χ2n) is 6.95. The van der Waals surface area contributed by atoms with E-state index < -0.39 is 0 Å². The third kappa shape index (κ3) is 4.26. The minimum absolute atomic E-state index is 0.149. The summed E-state index contributed by atoms with van der Waals surface area (Å²) in [7, 11) is 0. The first-order chi connectivity index (χ1) is 13.2. The van der Waals surface area contributed by atoms with E-state index in [1.54, 1.807) is 0 Å². The number of amides is 1. The van der Waals surface area contributed by atoms with Crippen LogP contribution in [0, 0.1) is 0 Å². The van der Waals surface area contributed by atoms with Gasteiger partial charge in [-0.15, -0.1) is 0 Å². The van der Waals surface area contributed by atoms with Gasteiger partial charge in [-0.3, -0.25) is 4.79 Å². The van der Waals surface area contributed by atoms with Crippen molar-refractivity contribution >= 4 is 5.91 Å². The first kappa shape index (κ1) is 19.3. The Morgan fingerprint density at radius 1 is 1.00 bits per heavy atom. The van der Waals surface area contributed by atoms with E-state index in [4.69, 9.17) is 9.47 Å². The first-order valence-corrected chi connectivity index (χ1v) is 9.92. The Hall–Kier alpha value is -2.49. The quantitative estimate of drug-likeness (QED) is 0.720. The van der Waals surface area contributed by atoms with Gasteiger partial charge in [-0.1, -0.05) is 42.8 Å². The Bertz CT molecular complexity index is 753. The summed E-state index contributed by atoms with van der Waals surface area (Å²) in [6, 6.07) is 16.2. The van der Waals surface area contributed by atoms with Gasteiger partial charge in [0.25, 0.3) is 0 Å². The van der Waals surface area contributed by atoms with Gasteiger partial charge in [-0.2, -0.15) is 0 Å². The summed E-state index contributed by atoms with van der Waals surface area (Å²) < 4.78 is 11.3. The van der Waals surface area contributed by atoms with Crippen LogP contribution in [0.2, 0.25) is 0 Å². The lowest BCUT2D eigenvalue weighted by Gasteiger charge is -2.40. The molecule has 1 amide bonds. The van der Waals surface area contributed by atoms with E-state index in [9.17, 15) is 4.79 Å². The zero-order valence-corrected chi connectivity index (χ0v) is 16.3. The van der Waals surface area contributed by atoms with Crippen molar-refractivity contribution in [3.05, 3.63) is 59.7 Å². The predicted molar refractivity (Wildman–Crippen MR) is 107 cm³/mol. The van der Waals surface area contributed by atoms with Crippen LogP contribution in [-0.4, -0.2) is 25.7 Å². The van der Waals surface area contributed by atoms with Gasteiger partial charge in [-0.05, 0) is 56.4 Å². The Morgan fingerprint density at radius 2 is 1.70 bits per heavy atom. The Kier molecular flexibility index (Phi) is 6.38. The van der Waals surface area contributed by atoms with Gasteiger partial charge in [0, 0.05) is 6.54 Å². The third-order valence-corrected chi connectivity index (χ3v) is 5.28. The van der Waals surface area contributed by atoms with Crippen LogP contribution in [0.5, 0.6) is 11.5 Å². The minimum atomic E-state index is -0.337. The normalized spacial score (nSPS) is 14.9. The highest BCUT2D eigenvalue weighted by molar-refractivity contribution is 5.89. The molecule has 2 aromatic rings. The van der Waals surface area contributed by atoms with Gasteiger partial charge in [0.2, 0.25) is 5.91 Å². The fourth-order valence-corrected chi connectivity index (χ4v) is 3.67. The molecule has 0 aliphatic heterocycles. The highest BCUT2D eigenvalue weighted by Crippen LogP contribution is 2.43. The number of nitrogens with one attached hydrogen (secondary N) is 1. The molecule has 1 fully saturated rings. The van der Waals surface area contributed by atoms with E-state index in [-0.39, 0.29) is 11.3 Å². The molecule has 0 spiro atoms. The lowest BCUT2D eigenvalue weighted by atomic mass is 9.64. The van der Waals surface area contributed by atoms with Crippen LogP contribution in [0.15, 0.2) is 48.5 Å². The summed E-state index contributed by atoms with van der Waals surface area (Å²) >= 11 is 0. The van der Waals surface area contributed by atoms with Crippen molar-refractivity contribution in [3.63, 3.8) is 0 Å². The standard InChI is InChI=1S/C23H29NO3/c1-3-26-20-12-11-18(17-21(20)27-4-2)13-16-24-22(25)23(14-8-15-23)19-9-6-5-7-10-19/h5-7,9-12,17H,3-4,8,13-16H2,1-2H3,(H,24,25). The molecule has 0 bridgehead atoms. The van der Waals surface area contributed by atoms with Crippen LogP contribution in [-0.2, 0) is 16.6 Å². The molecule has 4 nitrogen and oxygen atoms in total. The molecule has 0 radical (unpaired) electrons. The molecule has 0 aromatic heterocycles. The average molecular weight is 367 g/mol. The number of carbonyl (C=O) groups is 1. The molecule has 3 rings (SSSR count). The summed E-state index contributed by atoms with van der Waals surface area (Å²) in [4.78, 5) is 12.9.